The Balaban J connectivity index is 2.15. The molecule has 1 unspecified atom stereocenters. The average molecular weight is 282 g/mol. The largest absolute Gasteiger partial charge is 0.313 e. The van der Waals surface area contributed by atoms with Gasteiger partial charge in [0.2, 0.25) is 0 Å². The van der Waals surface area contributed by atoms with E-state index in [1.54, 1.807) is 16.8 Å². The summed E-state index contributed by atoms with van der Waals surface area (Å²) < 4.78 is 15.4. The Labute approximate surface area is 117 Å². The zero-order chi connectivity index (χ0) is 13.8. The van der Waals surface area contributed by atoms with Crippen molar-refractivity contribution in [3.63, 3.8) is 0 Å². The fourth-order valence-electron chi connectivity index (χ4n) is 2.08. The van der Waals surface area contributed by atoms with E-state index in [1.807, 2.05) is 19.4 Å². The minimum atomic E-state index is -0.301. The van der Waals surface area contributed by atoms with E-state index >= 15 is 0 Å². The van der Waals surface area contributed by atoms with Crippen molar-refractivity contribution >= 4 is 11.6 Å². The molecule has 0 spiro atoms. The molecule has 3 nitrogen and oxygen atoms in total. The fraction of sp³-hybridized carbons (Fsp3) is 0.357. The van der Waals surface area contributed by atoms with Gasteiger partial charge in [0.15, 0.2) is 0 Å². The van der Waals surface area contributed by atoms with Crippen LogP contribution in [0.2, 0.25) is 5.02 Å². The summed E-state index contributed by atoms with van der Waals surface area (Å²) in [7, 11) is 1.92. The molecule has 0 saturated heterocycles. The van der Waals surface area contributed by atoms with Gasteiger partial charge in [0.25, 0.3) is 0 Å². The van der Waals surface area contributed by atoms with Crippen LogP contribution < -0.4 is 5.32 Å². The predicted octanol–water partition coefficient (Wildman–Crippen LogP) is 3.39. The van der Waals surface area contributed by atoms with Gasteiger partial charge >= 0.3 is 0 Å². The van der Waals surface area contributed by atoms with Crippen molar-refractivity contribution in [1.82, 2.24) is 15.1 Å². The molecular weight excluding hydrogens is 265 g/mol. The number of halogens is 2. The highest BCUT2D eigenvalue weighted by molar-refractivity contribution is 6.30. The second-order valence-electron chi connectivity index (χ2n) is 4.46. The molecule has 1 atom stereocenters. The van der Waals surface area contributed by atoms with Gasteiger partial charge in [-0.3, -0.25) is 4.68 Å². The third-order valence-electron chi connectivity index (χ3n) is 3.16. The molecule has 1 aromatic heterocycles. The van der Waals surface area contributed by atoms with Gasteiger partial charge in [0.05, 0.1) is 12.7 Å². The van der Waals surface area contributed by atoms with E-state index in [1.165, 1.54) is 6.07 Å². The summed E-state index contributed by atoms with van der Waals surface area (Å²) in [4.78, 5) is 0. The molecule has 0 amide bonds. The highest BCUT2D eigenvalue weighted by atomic mass is 35.5. The van der Waals surface area contributed by atoms with Crippen LogP contribution in [0.15, 0.2) is 30.6 Å². The second-order valence-corrected chi connectivity index (χ2v) is 4.89. The highest BCUT2D eigenvalue weighted by Crippen LogP contribution is 2.18. The number of rotatable bonds is 5. The number of hydrogen-bond acceptors (Lipinski definition) is 2. The van der Waals surface area contributed by atoms with Crippen LogP contribution in [0.3, 0.4) is 0 Å². The maximum absolute atomic E-state index is 13.7. The Hall–Kier alpha value is -1.39. The lowest BCUT2D eigenvalue weighted by atomic mass is 10.1. The average Bonchev–Trinajstić information content (AvgIpc) is 2.83. The zero-order valence-corrected chi connectivity index (χ0v) is 11.8. The summed E-state index contributed by atoms with van der Waals surface area (Å²) >= 11 is 5.73. The van der Waals surface area contributed by atoms with E-state index in [0.717, 1.165) is 12.0 Å². The van der Waals surface area contributed by atoms with Gasteiger partial charge in [-0.2, -0.15) is 5.10 Å². The minimum Gasteiger partial charge on any atom is -0.313 e. The first-order valence-corrected chi connectivity index (χ1v) is 6.65. The van der Waals surface area contributed by atoms with E-state index in [4.69, 9.17) is 11.6 Å². The molecule has 102 valence electrons. The van der Waals surface area contributed by atoms with E-state index < -0.39 is 0 Å². The van der Waals surface area contributed by atoms with Crippen molar-refractivity contribution in [2.45, 2.75) is 25.9 Å². The van der Waals surface area contributed by atoms with Crippen LogP contribution >= 0.6 is 11.6 Å². The number of aromatic nitrogens is 2. The molecule has 2 aromatic rings. The summed E-state index contributed by atoms with van der Waals surface area (Å²) in [5, 5.41) is 7.89. The molecule has 0 radical (unpaired) electrons. The summed E-state index contributed by atoms with van der Waals surface area (Å²) in [5.41, 5.74) is 1.69. The van der Waals surface area contributed by atoms with Crippen LogP contribution in [0.25, 0.3) is 0 Å². The molecule has 0 aliphatic carbocycles. The molecule has 0 fully saturated rings. The quantitative estimate of drug-likeness (QED) is 0.910. The molecule has 19 heavy (non-hydrogen) atoms. The lowest BCUT2D eigenvalue weighted by molar-refractivity contribution is 0.571. The van der Waals surface area contributed by atoms with Gasteiger partial charge in [0, 0.05) is 28.4 Å². The molecule has 0 aliphatic rings. The topological polar surface area (TPSA) is 29.9 Å². The van der Waals surface area contributed by atoms with Crippen molar-refractivity contribution in [2.75, 3.05) is 7.05 Å². The van der Waals surface area contributed by atoms with Gasteiger partial charge in [0.1, 0.15) is 5.82 Å². The Kier molecular flexibility index (Phi) is 4.56. The molecule has 0 saturated carbocycles. The third kappa shape index (κ3) is 3.33. The molecule has 0 aliphatic heterocycles. The Morgan fingerprint density at radius 3 is 2.89 bits per heavy atom. The van der Waals surface area contributed by atoms with Gasteiger partial charge < -0.3 is 5.32 Å². The third-order valence-corrected chi connectivity index (χ3v) is 3.39. The fourth-order valence-corrected chi connectivity index (χ4v) is 2.24. The number of nitrogens with zero attached hydrogens (tertiary/aromatic N) is 2. The molecular formula is C14H17ClFN3. The first-order valence-electron chi connectivity index (χ1n) is 6.27. The van der Waals surface area contributed by atoms with Crippen LogP contribution in [0.4, 0.5) is 4.39 Å². The Morgan fingerprint density at radius 2 is 2.26 bits per heavy atom. The first kappa shape index (κ1) is 14.0. The summed E-state index contributed by atoms with van der Waals surface area (Å²) in [6, 6.07) is 4.98. The lowest BCUT2D eigenvalue weighted by Crippen LogP contribution is -2.14. The van der Waals surface area contributed by atoms with E-state index in [9.17, 15) is 4.39 Å². The molecule has 1 aromatic carbocycles. The van der Waals surface area contributed by atoms with Crippen molar-refractivity contribution in [1.29, 1.82) is 0 Å². The molecule has 1 heterocycles. The zero-order valence-electron chi connectivity index (χ0n) is 11.0. The summed E-state index contributed by atoms with van der Waals surface area (Å²) in [6.45, 7) is 2.51. The second kappa shape index (κ2) is 6.17. The first-order chi connectivity index (χ1) is 9.13. The predicted molar refractivity (Wildman–Crippen MR) is 74.8 cm³/mol. The van der Waals surface area contributed by atoms with Gasteiger partial charge in [-0.15, -0.1) is 0 Å². The van der Waals surface area contributed by atoms with Crippen LogP contribution in [0, 0.1) is 5.82 Å². The van der Waals surface area contributed by atoms with Crippen molar-refractivity contribution < 1.29 is 4.39 Å². The minimum absolute atomic E-state index is 0.281. The molecule has 0 bridgehead atoms. The summed E-state index contributed by atoms with van der Waals surface area (Å²) in [6.07, 6.45) is 4.74. The maximum Gasteiger partial charge on any atom is 0.129 e. The number of hydrogen-bond donors (Lipinski definition) is 1. The van der Waals surface area contributed by atoms with Gasteiger partial charge in [-0.1, -0.05) is 24.6 Å². The van der Waals surface area contributed by atoms with Crippen molar-refractivity contribution in [2.24, 2.45) is 0 Å². The van der Waals surface area contributed by atoms with Crippen molar-refractivity contribution in [3.8, 4) is 0 Å². The SMILES string of the molecule is CCC(NC)c1cnn(Cc2ccc(Cl)cc2F)c1. The van der Waals surface area contributed by atoms with E-state index in [0.29, 0.717) is 17.1 Å². The van der Waals surface area contributed by atoms with Crippen LogP contribution in [-0.2, 0) is 6.54 Å². The van der Waals surface area contributed by atoms with E-state index in [-0.39, 0.29) is 11.9 Å². The highest BCUT2D eigenvalue weighted by Gasteiger charge is 2.10. The maximum atomic E-state index is 13.7. The monoisotopic (exact) mass is 281 g/mol. The van der Waals surface area contributed by atoms with Crippen molar-refractivity contribution in [3.05, 3.63) is 52.6 Å². The smallest absolute Gasteiger partial charge is 0.129 e. The van der Waals surface area contributed by atoms with Crippen LogP contribution in [-0.4, -0.2) is 16.8 Å². The standard InChI is InChI=1S/C14H17ClFN3/c1-3-14(17-2)11-7-18-19(9-11)8-10-4-5-12(15)6-13(10)16/h4-7,9,14,17H,3,8H2,1-2H3. The number of nitrogens with one attached hydrogen (secondary N) is 1. The van der Waals surface area contributed by atoms with E-state index in [2.05, 4.69) is 17.3 Å². The Morgan fingerprint density at radius 1 is 1.47 bits per heavy atom. The van der Waals surface area contributed by atoms with Crippen LogP contribution in [0.5, 0.6) is 0 Å². The van der Waals surface area contributed by atoms with Gasteiger partial charge in [-0.25, -0.2) is 4.39 Å². The van der Waals surface area contributed by atoms with Gasteiger partial charge in [-0.05, 0) is 25.6 Å². The molecule has 2 rings (SSSR count). The molecule has 5 heteroatoms. The molecule has 1 N–H and O–H groups in total. The summed E-state index contributed by atoms with van der Waals surface area (Å²) in [5.74, 6) is -0.301. The van der Waals surface area contributed by atoms with Crippen LogP contribution in [0.1, 0.15) is 30.5 Å². The Bertz CT molecular complexity index is 549. The lowest BCUT2D eigenvalue weighted by Gasteiger charge is -2.10. The normalized spacial score (nSPS) is 12.6. The number of benzene rings is 1.